The van der Waals surface area contributed by atoms with Crippen LogP contribution in [0.4, 0.5) is 13.2 Å². The number of aliphatic hydroxyl groups excluding tert-OH is 2. The fourth-order valence-corrected chi connectivity index (χ4v) is 4.41. The lowest BCUT2D eigenvalue weighted by molar-refractivity contribution is -0.274. The molecular weight excluding hydrogens is 495 g/mol. The molecule has 0 radical (unpaired) electrons. The summed E-state index contributed by atoms with van der Waals surface area (Å²) in [5.74, 6) is -0.266. The number of alkyl halides is 3. The molecule has 3 N–H and O–H groups in total. The topological polar surface area (TPSA) is 91.8 Å². The summed E-state index contributed by atoms with van der Waals surface area (Å²) in [6, 6.07) is 7.15. The fraction of sp³-hybridized carbons (Fsp3) is 0.318. The number of halogens is 4. The molecule has 0 saturated carbocycles. The van der Waals surface area contributed by atoms with Crippen LogP contribution in [0, 0.1) is 0 Å². The number of hydrogen-bond donors (Lipinski definition) is 3. The third kappa shape index (κ3) is 3.87. The van der Waals surface area contributed by atoms with Crippen molar-refractivity contribution in [3.63, 3.8) is 0 Å². The van der Waals surface area contributed by atoms with Crippen molar-refractivity contribution in [1.29, 1.82) is 0 Å². The molecule has 1 heterocycles. The van der Waals surface area contributed by atoms with Gasteiger partial charge in [0.2, 0.25) is 0 Å². The molecule has 2 aromatic carbocycles. The molecule has 10 heteroatoms. The lowest BCUT2D eigenvalue weighted by Gasteiger charge is -2.32. The molecular formula is C22H19BrF3NO5. The number of aromatic nitrogens is 1. The predicted molar refractivity (Wildman–Crippen MR) is 113 cm³/mol. The molecule has 0 aliphatic heterocycles. The van der Waals surface area contributed by atoms with Crippen LogP contribution in [0.5, 0.6) is 11.5 Å². The molecule has 0 unspecified atom stereocenters. The van der Waals surface area contributed by atoms with Gasteiger partial charge in [0, 0.05) is 28.1 Å². The second-order valence-corrected chi connectivity index (χ2v) is 8.91. The Kier molecular flexibility index (Phi) is 5.51. The van der Waals surface area contributed by atoms with Gasteiger partial charge in [-0.05, 0) is 45.8 Å². The number of hydrogen-bond acceptors (Lipinski definition) is 5. The van der Waals surface area contributed by atoms with E-state index in [0.29, 0.717) is 43.5 Å². The van der Waals surface area contributed by atoms with Gasteiger partial charge in [0.15, 0.2) is 5.78 Å². The van der Waals surface area contributed by atoms with Crippen molar-refractivity contribution in [3.8, 4) is 11.5 Å². The lowest BCUT2D eigenvalue weighted by Crippen LogP contribution is -2.30. The predicted octanol–water partition coefficient (Wildman–Crippen LogP) is 4.43. The number of H-pyrrole nitrogens is 1. The maximum atomic E-state index is 13.4. The molecule has 0 saturated heterocycles. The van der Waals surface area contributed by atoms with Gasteiger partial charge in [0.25, 0.3) is 0 Å². The van der Waals surface area contributed by atoms with Gasteiger partial charge >= 0.3 is 6.36 Å². The Labute approximate surface area is 189 Å². The highest BCUT2D eigenvalue weighted by atomic mass is 79.9. The van der Waals surface area contributed by atoms with Crippen molar-refractivity contribution >= 4 is 32.6 Å². The molecule has 4 rings (SSSR count). The van der Waals surface area contributed by atoms with Gasteiger partial charge < -0.3 is 24.7 Å². The lowest BCUT2D eigenvalue weighted by atomic mass is 9.71. The Morgan fingerprint density at radius 2 is 1.94 bits per heavy atom. The number of benzene rings is 2. The Hall–Kier alpha value is -2.56. The molecule has 1 aromatic heterocycles. The summed E-state index contributed by atoms with van der Waals surface area (Å²) in [5.41, 5.74) is 1.69. The highest BCUT2D eigenvalue weighted by Crippen LogP contribution is 2.46. The van der Waals surface area contributed by atoms with E-state index >= 15 is 0 Å². The molecule has 0 amide bonds. The molecule has 3 aromatic rings. The van der Waals surface area contributed by atoms with Crippen LogP contribution < -0.4 is 9.47 Å². The second kappa shape index (κ2) is 7.79. The zero-order chi connectivity index (χ0) is 23.4. The van der Waals surface area contributed by atoms with Gasteiger partial charge in [-0.25, -0.2) is 0 Å². The number of aliphatic hydroxyl groups is 2. The van der Waals surface area contributed by atoms with Gasteiger partial charge in [-0.1, -0.05) is 13.8 Å². The molecule has 1 atom stereocenters. The Bertz CT molecular complexity index is 1220. The van der Waals surface area contributed by atoms with Gasteiger partial charge in [-0.2, -0.15) is 0 Å². The van der Waals surface area contributed by atoms with Gasteiger partial charge in [-0.3, -0.25) is 4.79 Å². The number of carbonyl (C=O) groups is 1. The Balaban J connectivity index is 1.81. The summed E-state index contributed by atoms with van der Waals surface area (Å²) in [4.78, 5) is 16.5. The summed E-state index contributed by atoms with van der Waals surface area (Å²) in [6.45, 7) is 3.19. The van der Waals surface area contributed by atoms with Crippen molar-refractivity contribution in [2.75, 3.05) is 13.2 Å². The van der Waals surface area contributed by atoms with E-state index in [4.69, 9.17) is 9.84 Å². The molecule has 1 aliphatic carbocycles. The monoisotopic (exact) mass is 513 g/mol. The van der Waals surface area contributed by atoms with Gasteiger partial charge in [-0.15, -0.1) is 13.2 Å². The first-order valence-electron chi connectivity index (χ1n) is 9.64. The molecule has 6 nitrogen and oxygen atoms in total. The van der Waals surface area contributed by atoms with Crippen molar-refractivity contribution in [2.45, 2.75) is 31.7 Å². The summed E-state index contributed by atoms with van der Waals surface area (Å²) < 4.78 is 47.9. The Morgan fingerprint density at radius 3 is 2.59 bits per heavy atom. The number of fused-ring (bicyclic) bond motifs is 4. The van der Waals surface area contributed by atoms with Crippen LogP contribution in [0.25, 0.3) is 10.9 Å². The third-order valence-corrected chi connectivity index (χ3v) is 6.11. The molecule has 0 spiro atoms. The first-order chi connectivity index (χ1) is 14.9. The molecule has 0 bridgehead atoms. The largest absolute Gasteiger partial charge is 0.573 e. The smallest absolute Gasteiger partial charge is 0.490 e. The quantitative estimate of drug-likeness (QED) is 0.469. The summed E-state index contributed by atoms with van der Waals surface area (Å²) in [5, 5.41) is 19.1. The van der Waals surface area contributed by atoms with Crippen LogP contribution in [-0.4, -0.2) is 46.7 Å². The molecule has 1 aliphatic rings. The summed E-state index contributed by atoms with van der Waals surface area (Å²) >= 11 is 3.38. The van der Waals surface area contributed by atoms with Gasteiger partial charge in [0.1, 0.15) is 24.2 Å². The summed E-state index contributed by atoms with van der Waals surface area (Å²) in [6.07, 6.45) is -5.88. The van der Waals surface area contributed by atoms with E-state index in [1.165, 1.54) is 18.2 Å². The number of ether oxygens (including phenoxy) is 2. The highest BCUT2D eigenvalue weighted by molar-refractivity contribution is 9.10. The average molecular weight is 514 g/mol. The molecule has 170 valence electrons. The number of carbonyl (C=O) groups excluding carboxylic acids is 1. The first kappa shape index (κ1) is 22.6. The zero-order valence-corrected chi connectivity index (χ0v) is 18.6. The van der Waals surface area contributed by atoms with Crippen LogP contribution in [0.2, 0.25) is 0 Å². The van der Waals surface area contributed by atoms with Crippen molar-refractivity contribution in [2.24, 2.45) is 0 Å². The normalized spacial score (nSPS) is 15.9. The van der Waals surface area contributed by atoms with Crippen LogP contribution in [0.3, 0.4) is 0 Å². The van der Waals surface area contributed by atoms with E-state index in [1.807, 2.05) is 13.8 Å². The van der Waals surface area contributed by atoms with Crippen molar-refractivity contribution in [3.05, 3.63) is 57.2 Å². The minimum atomic E-state index is -4.82. The SMILES string of the molecule is CC1(C)c2cc(OC[C@@H](O)CO)c(Br)cc2C(=O)c2c1[nH]c1cc(OC(F)(F)F)ccc21. The number of aromatic amines is 1. The van der Waals surface area contributed by atoms with E-state index in [2.05, 4.69) is 25.7 Å². The van der Waals surface area contributed by atoms with Crippen LogP contribution >= 0.6 is 15.9 Å². The van der Waals surface area contributed by atoms with Crippen molar-refractivity contribution < 1.29 is 37.7 Å². The fourth-order valence-electron chi connectivity index (χ4n) is 3.96. The minimum Gasteiger partial charge on any atom is -0.490 e. The second-order valence-electron chi connectivity index (χ2n) is 8.06. The van der Waals surface area contributed by atoms with Crippen LogP contribution in [0.15, 0.2) is 34.8 Å². The van der Waals surface area contributed by atoms with E-state index in [-0.39, 0.29) is 18.1 Å². The van der Waals surface area contributed by atoms with Crippen molar-refractivity contribution in [1.82, 2.24) is 4.98 Å². The minimum absolute atomic E-state index is 0.137. The number of rotatable bonds is 5. The molecule has 0 fully saturated rings. The third-order valence-electron chi connectivity index (χ3n) is 5.49. The number of ketones is 1. The van der Waals surface area contributed by atoms with E-state index in [1.54, 1.807) is 12.1 Å². The Morgan fingerprint density at radius 1 is 1.22 bits per heavy atom. The maximum Gasteiger partial charge on any atom is 0.573 e. The maximum absolute atomic E-state index is 13.4. The summed E-state index contributed by atoms with van der Waals surface area (Å²) in [7, 11) is 0. The van der Waals surface area contributed by atoms with E-state index < -0.39 is 24.5 Å². The van der Waals surface area contributed by atoms with E-state index in [0.717, 1.165) is 0 Å². The highest BCUT2D eigenvalue weighted by Gasteiger charge is 2.40. The zero-order valence-electron chi connectivity index (χ0n) is 17.0. The van der Waals surface area contributed by atoms with Gasteiger partial charge in [0.05, 0.1) is 22.2 Å². The average Bonchev–Trinajstić information content (AvgIpc) is 3.09. The standard InChI is InChI=1S/C22H19BrF3NO5/c1-21(2)14-7-17(31-9-10(29)8-28)15(23)6-13(14)19(30)18-12-4-3-11(32-22(24,25)26)5-16(12)27-20(18)21/h3-7,10,27-29H,8-9H2,1-2H3/t10-/m0/s1. The first-order valence-corrected chi connectivity index (χ1v) is 10.4. The number of nitrogens with one attached hydrogen (secondary N) is 1. The van der Waals surface area contributed by atoms with Crippen LogP contribution in [0.1, 0.15) is 41.0 Å². The van der Waals surface area contributed by atoms with Crippen LogP contribution in [-0.2, 0) is 5.41 Å². The molecule has 32 heavy (non-hydrogen) atoms. The van der Waals surface area contributed by atoms with E-state index in [9.17, 15) is 23.1 Å².